The van der Waals surface area contributed by atoms with Gasteiger partial charge in [-0.25, -0.2) is 4.98 Å². The molecule has 0 aliphatic carbocycles. The van der Waals surface area contributed by atoms with Gasteiger partial charge in [0.1, 0.15) is 11.5 Å². The minimum Gasteiger partial charge on any atom is -0.497 e. The van der Waals surface area contributed by atoms with Crippen LogP contribution in [-0.4, -0.2) is 24.5 Å². The fraction of sp³-hybridized carbons (Fsp3) is 0.375. The maximum atomic E-state index is 11.7. The third-order valence-corrected chi connectivity index (χ3v) is 3.13. The Labute approximate surface area is 124 Å². The number of hydrogen-bond donors (Lipinski definition) is 1. The number of aromatic nitrogens is 1. The molecule has 21 heavy (non-hydrogen) atoms. The summed E-state index contributed by atoms with van der Waals surface area (Å²) in [5.74, 6) is 2.30. The highest BCUT2D eigenvalue weighted by atomic mass is 16.5. The van der Waals surface area contributed by atoms with E-state index in [9.17, 15) is 4.79 Å². The first kappa shape index (κ1) is 15.1. The highest BCUT2D eigenvalue weighted by Gasteiger charge is 2.04. The van der Waals surface area contributed by atoms with Gasteiger partial charge in [0.15, 0.2) is 5.89 Å². The van der Waals surface area contributed by atoms with Crippen LogP contribution in [0.15, 0.2) is 34.9 Å². The van der Waals surface area contributed by atoms with Crippen molar-refractivity contribution in [3.05, 3.63) is 47.7 Å². The van der Waals surface area contributed by atoms with Crippen molar-refractivity contribution in [3.8, 4) is 5.75 Å². The molecule has 0 saturated heterocycles. The summed E-state index contributed by atoms with van der Waals surface area (Å²) in [4.78, 5) is 15.8. The molecule has 0 unspecified atom stereocenters. The molecular formula is C16H20N2O3. The average Bonchev–Trinajstić information content (AvgIpc) is 2.91. The summed E-state index contributed by atoms with van der Waals surface area (Å²) in [6.45, 7) is 2.39. The van der Waals surface area contributed by atoms with E-state index < -0.39 is 0 Å². The minimum absolute atomic E-state index is 0.0362. The van der Waals surface area contributed by atoms with Gasteiger partial charge in [-0.15, -0.1) is 0 Å². The first-order chi connectivity index (χ1) is 10.2. The molecule has 0 aliphatic rings. The second-order valence-corrected chi connectivity index (χ2v) is 4.81. The van der Waals surface area contributed by atoms with Gasteiger partial charge in [-0.2, -0.15) is 0 Å². The SMILES string of the molecule is COc1ccc(CCC(=O)NCCc2ncc(C)o2)cc1. The molecule has 0 fully saturated rings. The van der Waals surface area contributed by atoms with Gasteiger partial charge < -0.3 is 14.5 Å². The number of nitrogens with one attached hydrogen (secondary N) is 1. The van der Waals surface area contributed by atoms with E-state index in [1.807, 2.05) is 31.2 Å². The van der Waals surface area contributed by atoms with E-state index in [0.717, 1.165) is 17.1 Å². The third-order valence-electron chi connectivity index (χ3n) is 3.13. The Morgan fingerprint density at radius 1 is 1.29 bits per heavy atom. The summed E-state index contributed by atoms with van der Waals surface area (Å²) in [6.07, 6.45) is 3.48. The number of aryl methyl sites for hydroxylation is 2. The van der Waals surface area contributed by atoms with Crippen LogP contribution in [-0.2, 0) is 17.6 Å². The highest BCUT2D eigenvalue weighted by molar-refractivity contribution is 5.76. The summed E-state index contributed by atoms with van der Waals surface area (Å²) >= 11 is 0. The second kappa shape index (κ2) is 7.47. The highest BCUT2D eigenvalue weighted by Crippen LogP contribution is 2.12. The number of carbonyl (C=O) groups excluding carboxylic acids is 1. The third kappa shape index (κ3) is 4.95. The molecule has 112 valence electrons. The molecule has 1 aromatic carbocycles. The molecule has 1 aromatic heterocycles. The number of benzene rings is 1. The smallest absolute Gasteiger partial charge is 0.220 e. The number of ether oxygens (including phenoxy) is 1. The molecule has 2 rings (SSSR count). The van der Waals surface area contributed by atoms with Gasteiger partial charge in [0.25, 0.3) is 0 Å². The molecule has 0 radical (unpaired) electrons. The Hall–Kier alpha value is -2.30. The predicted molar refractivity (Wildman–Crippen MR) is 79.3 cm³/mol. The number of hydrogen-bond acceptors (Lipinski definition) is 4. The van der Waals surface area contributed by atoms with Crippen molar-refractivity contribution in [2.45, 2.75) is 26.2 Å². The van der Waals surface area contributed by atoms with Gasteiger partial charge in [0.05, 0.1) is 13.3 Å². The van der Waals surface area contributed by atoms with Crippen LogP contribution in [0.25, 0.3) is 0 Å². The van der Waals surface area contributed by atoms with Crippen LogP contribution in [0.5, 0.6) is 5.75 Å². The number of nitrogens with zero attached hydrogens (tertiary/aromatic N) is 1. The topological polar surface area (TPSA) is 64.4 Å². The van der Waals surface area contributed by atoms with E-state index in [-0.39, 0.29) is 5.91 Å². The summed E-state index contributed by atoms with van der Waals surface area (Å²) in [6, 6.07) is 7.75. The molecule has 5 heteroatoms. The Bertz CT molecular complexity index is 575. The molecule has 0 bridgehead atoms. The van der Waals surface area contributed by atoms with Crippen molar-refractivity contribution in [1.29, 1.82) is 0 Å². The van der Waals surface area contributed by atoms with E-state index in [0.29, 0.717) is 31.7 Å². The lowest BCUT2D eigenvalue weighted by atomic mass is 10.1. The fourth-order valence-corrected chi connectivity index (χ4v) is 1.96. The van der Waals surface area contributed by atoms with Gasteiger partial charge >= 0.3 is 0 Å². The van der Waals surface area contributed by atoms with Gasteiger partial charge in [-0.05, 0) is 31.0 Å². The van der Waals surface area contributed by atoms with Crippen LogP contribution < -0.4 is 10.1 Å². The Morgan fingerprint density at radius 3 is 2.67 bits per heavy atom. The molecule has 0 saturated carbocycles. The summed E-state index contributed by atoms with van der Waals surface area (Å²) in [7, 11) is 1.64. The van der Waals surface area contributed by atoms with E-state index in [1.165, 1.54) is 0 Å². The first-order valence-electron chi connectivity index (χ1n) is 6.98. The van der Waals surface area contributed by atoms with Crippen LogP contribution in [0.3, 0.4) is 0 Å². The van der Waals surface area contributed by atoms with E-state index >= 15 is 0 Å². The van der Waals surface area contributed by atoms with Crippen LogP contribution in [0.2, 0.25) is 0 Å². The number of carbonyl (C=O) groups is 1. The quantitative estimate of drug-likeness (QED) is 0.849. The van der Waals surface area contributed by atoms with Gasteiger partial charge in [0, 0.05) is 19.4 Å². The zero-order chi connectivity index (χ0) is 15.1. The maximum Gasteiger partial charge on any atom is 0.220 e. The van der Waals surface area contributed by atoms with E-state index in [1.54, 1.807) is 13.3 Å². The van der Waals surface area contributed by atoms with Crippen LogP contribution in [0.1, 0.15) is 23.6 Å². The molecule has 0 aliphatic heterocycles. The van der Waals surface area contributed by atoms with Gasteiger partial charge in [-0.1, -0.05) is 12.1 Å². The van der Waals surface area contributed by atoms with Crippen LogP contribution in [0, 0.1) is 6.92 Å². The lowest BCUT2D eigenvalue weighted by Crippen LogP contribution is -2.25. The van der Waals surface area contributed by atoms with E-state index in [4.69, 9.17) is 9.15 Å². The lowest BCUT2D eigenvalue weighted by Gasteiger charge is -2.05. The monoisotopic (exact) mass is 288 g/mol. The molecular weight excluding hydrogens is 268 g/mol. The summed E-state index contributed by atoms with van der Waals surface area (Å²) in [5, 5.41) is 2.87. The number of oxazole rings is 1. The fourth-order valence-electron chi connectivity index (χ4n) is 1.96. The molecule has 0 atom stereocenters. The second-order valence-electron chi connectivity index (χ2n) is 4.81. The Kier molecular flexibility index (Phi) is 5.37. The summed E-state index contributed by atoms with van der Waals surface area (Å²) in [5.41, 5.74) is 1.12. The molecule has 2 aromatic rings. The molecule has 5 nitrogen and oxygen atoms in total. The lowest BCUT2D eigenvalue weighted by molar-refractivity contribution is -0.121. The Morgan fingerprint density at radius 2 is 2.05 bits per heavy atom. The first-order valence-corrected chi connectivity index (χ1v) is 6.98. The average molecular weight is 288 g/mol. The van der Waals surface area contributed by atoms with Crippen molar-refractivity contribution in [2.24, 2.45) is 0 Å². The maximum absolute atomic E-state index is 11.7. The molecule has 0 spiro atoms. The predicted octanol–water partition coefficient (Wildman–Crippen LogP) is 2.28. The zero-order valence-electron chi connectivity index (χ0n) is 12.4. The van der Waals surface area contributed by atoms with Crippen LogP contribution in [0.4, 0.5) is 0 Å². The normalized spacial score (nSPS) is 10.4. The Balaban J connectivity index is 1.67. The van der Waals surface area contributed by atoms with Crippen LogP contribution >= 0.6 is 0 Å². The number of rotatable bonds is 7. The van der Waals surface area contributed by atoms with Crippen molar-refractivity contribution in [1.82, 2.24) is 10.3 Å². The van der Waals surface area contributed by atoms with Gasteiger partial charge in [-0.3, -0.25) is 4.79 Å². The standard InChI is InChI=1S/C16H20N2O3/c1-12-11-18-16(21-12)9-10-17-15(19)8-5-13-3-6-14(20-2)7-4-13/h3-4,6-7,11H,5,8-10H2,1-2H3,(H,17,19). The zero-order valence-corrected chi connectivity index (χ0v) is 12.4. The van der Waals surface area contributed by atoms with Crippen molar-refractivity contribution in [3.63, 3.8) is 0 Å². The number of methoxy groups -OCH3 is 1. The van der Waals surface area contributed by atoms with Gasteiger partial charge in [0.2, 0.25) is 5.91 Å². The largest absolute Gasteiger partial charge is 0.497 e. The summed E-state index contributed by atoms with van der Waals surface area (Å²) < 4.78 is 10.4. The van der Waals surface area contributed by atoms with E-state index in [2.05, 4.69) is 10.3 Å². The molecule has 1 amide bonds. The van der Waals surface area contributed by atoms with Crippen molar-refractivity contribution < 1.29 is 13.9 Å². The number of amides is 1. The molecule has 1 N–H and O–H groups in total. The van der Waals surface area contributed by atoms with Crippen molar-refractivity contribution >= 4 is 5.91 Å². The molecule has 1 heterocycles. The minimum atomic E-state index is 0.0362. The van der Waals surface area contributed by atoms with Crippen molar-refractivity contribution in [2.75, 3.05) is 13.7 Å².